The molecule has 35 heavy (non-hydrogen) atoms. The van der Waals surface area contributed by atoms with Crippen LogP contribution in [0.3, 0.4) is 0 Å². The molecule has 0 saturated heterocycles. The van der Waals surface area contributed by atoms with Crippen molar-refractivity contribution in [3.05, 3.63) is 83.9 Å². The van der Waals surface area contributed by atoms with Crippen molar-refractivity contribution in [1.29, 1.82) is 0 Å². The van der Waals surface area contributed by atoms with E-state index in [2.05, 4.69) is 0 Å². The van der Waals surface area contributed by atoms with Gasteiger partial charge in [0.2, 0.25) is 10.0 Å². The van der Waals surface area contributed by atoms with Gasteiger partial charge in [-0.2, -0.15) is 0 Å². The van der Waals surface area contributed by atoms with Crippen LogP contribution < -0.4 is 18.5 Å². The maximum atomic E-state index is 13.4. The SMILES string of the molecule is COc1ccc(CN(C)C(=O)[C@@H]2CN(S(=O)(=O)Cc3ccccc3)c3ccccc3O2)cc1OC. The Balaban J connectivity index is 1.56. The van der Waals surface area contributed by atoms with Crippen molar-refractivity contribution in [2.24, 2.45) is 0 Å². The number of carbonyl (C=O) groups is 1. The third-order valence-electron chi connectivity index (χ3n) is 5.78. The molecule has 184 valence electrons. The molecule has 0 radical (unpaired) electrons. The lowest BCUT2D eigenvalue weighted by Gasteiger charge is -2.36. The predicted octanol–water partition coefficient (Wildman–Crippen LogP) is 3.46. The minimum Gasteiger partial charge on any atom is -0.493 e. The molecular weight excluding hydrogens is 468 g/mol. The Bertz CT molecular complexity index is 1300. The second-order valence-electron chi connectivity index (χ2n) is 8.23. The molecule has 1 aliphatic heterocycles. The van der Waals surface area contributed by atoms with Gasteiger partial charge in [-0.15, -0.1) is 0 Å². The molecule has 0 aromatic heterocycles. The zero-order valence-corrected chi connectivity index (χ0v) is 20.7. The summed E-state index contributed by atoms with van der Waals surface area (Å²) < 4.78 is 44.7. The van der Waals surface area contributed by atoms with Crippen molar-refractivity contribution in [2.45, 2.75) is 18.4 Å². The average Bonchev–Trinajstić information content (AvgIpc) is 2.87. The minimum absolute atomic E-state index is 0.110. The van der Waals surface area contributed by atoms with Crippen molar-refractivity contribution in [1.82, 2.24) is 4.90 Å². The molecular formula is C26H28N2O6S. The van der Waals surface area contributed by atoms with Crippen molar-refractivity contribution < 1.29 is 27.4 Å². The highest BCUT2D eigenvalue weighted by atomic mass is 32.2. The Morgan fingerprint density at radius 2 is 1.66 bits per heavy atom. The van der Waals surface area contributed by atoms with Crippen LogP contribution in [-0.2, 0) is 27.1 Å². The highest BCUT2D eigenvalue weighted by Gasteiger charge is 2.37. The fourth-order valence-corrected chi connectivity index (χ4v) is 5.62. The Labute approximate surface area is 205 Å². The molecule has 9 heteroatoms. The second-order valence-corrected chi connectivity index (χ2v) is 10.1. The summed E-state index contributed by atoms with van der Waals surface area (Å²) in [6.45, 7) is 0.179. The van der Waals surface area contributed by atoms with Crippen molar-refractivity contribution in [3.8, 4) is 17.2 Å². The molecule has 0 aliphatic carbocycles. The van der Waals surface area contributed by atoms with Crippen LogP contribution in [0.1, 0.15) is 11.1 Å². The molecule has 1 atom stereocenters. The number of carbonyl (C=O) groups excluding carboxylic acids is 1. The molecule has 0 N–H and O–H groups in total. The van der Waals surface area contributed by atoms with Crippen LogP contribution in [0.2, 0.25) is 0 Å². The first-order valence-electron chi connectivity index (χ1n) is 11.1. The van der Waals surface area contributed by atoms with E-state index in [1.807, 2.05) is 12.1 Å². The van der Waals surface area contributed by atoms with Crippen molar-refractivity contribution in [2.75, 3.05) is 32.1 Å². The normalized spacial score (nSPS) is 15.1. The third kappa shape index (κ3) is 5.35. The van der Waals surface area contributed by atoms with Crippen LogP contribution in [0.25, 0.3) is 0 Å². The van der Waals surface area contributed by atoms with Crippen LogP contribution >= 0.6 is 0 Å². The quantitative estimate of drug-likeness (QED) is 0.475. The average molecular weight is 497 g/mol. The van der Waals surface area contributed by atoms with E-state index in [4.69, 9.17) is 14.2 Å². The molecule has 4 rings (SSSR count). The summed E-state index contributed by atoms with van der Waals surface area (Å²) in [6.07, 6.45) is -0.986. The summed E-state index contributed by atoms with van der Waals surface area (Å²) in [5, 5.41) is 0. The summed E-state index contributed by atoms with van der Waals surface area (Å²) in [4.78, 5) is 14.9. The van der Waals surface area contributed by atoms with E-state index in [-0.39, 0.29) is 24.7 Å². The van der Waals surface area contributed by atoms with Gasteiger partial charge in [0.15, 0.2) is 17.6 Å². The molecule has 0 spiro atoms. The fourth-order valence-electron chi connectivity index (χ4n) is 4.03. The third-order valence-corrected chi connectivity index (χ3v) is 7.50. The number of sulfonamides is 1. The molecule has 0 bridgehead atoms. The molecule has 3 aromatic carbocycles. The Morgan fingerprint density at radius 1 is 0.971 bits per heavy atom. The molecule has 0 fully saturated rings. The van der Waals surface area contributed by atoms with Crippen molar-refractivity contribution in [3.63, 3.8) is 0 Å². The van der Waals surface area contributed by atoms with E-state index in [9.17, 15) is 13.2 Å². The molecule has 1 amide bonds. The summed E-state index contributed by atoms with van der Waals surface area (Å²) in [5.74, 6) is 1.01. The number of fused-ring (bicyclic) bond motifs is 1. The summed E-state index contributed by atoms with van der Waals surface area (Å²) in [5.41, 5.74) is 1.93. The maximum Gasteiger partial charge on any atom is 0.265 e. The van der Waals surface area contributed by atoms with E-state index < -0.39 is 16.1 Å². The molecule has 1 aliphatic rings. The topological polar surface area (TPSA) is 85.4 Å². The standard InChI is InChI=1S/C26H28N2O6S/c1-27(16-20-13-14-23(32-2)24(15-20)33-3)26(29)25-17-28(21-11-7-8-12-22(21)34-25)35(30,31)18-19-9-5-4-6-10-19/h4-15,25H,16-18H2,1-3H3/t25-/m0/s1. The van der Waals surface area contributed by atoms with Gasteiger partial charge in [0.05, 0.1) is 32.2 Å². The number of benzene rings is 3. The summed E-state index contributed by atoms with van der Waals surface area (Å²) in [6, 6.07) is 21.3. The smallest absolute Gasteiger partial charge is 0.265 e. The highest BCUT2D eigenvalue weighted by Crippen LogP contribution is 2.36. The number of para-hydroxylation sites is 2. The van der Waals surface area contributed by atoms with E-state index >= 15 is 0 Å². The second kappa shape index (κ2) is 10.3. The predicted molar refractivity (Wildman–Crippen MR) is 133 cm³/mol. The number of nitrogens with zero attached hydrogens (tertiary/aromatic N) is 2. The van der Waals surface area contributed by atoms with E-state index in [0.717, 1.165) is 5.56 Å². The van der Waals surface area contributed by atoms with Gasteiger partial charge >= 0.3 is 0 Å². The van der Waals surface area contributed by atoms with Crippen LogP contribution in [-0.4, -0.2) is 53.1 Å². The van der Waals surface area contributed by atoms with Crippen LogP contribution in [0, 0.1) is 0 Å². The number of anilines is 1. The number of hydrogen-bond acceptors (Lipinski definition) is 6. The Kier molecular flexibility index (Phi) is 7.16. The van der Waals surface area contributed by atoms with Gasteiger partial charge < -0.3 is 19.1 Å². The number of amides is 1. The number of hydrogen-bond donors (Lipinski definition) is 0. The van der Waals surface area contributed by atoms with Crippen LogP contribution in [0.15, 0.2) is 72.8 Å². The van der Waals surface area contributed by atoms with E-state index in [1.54, 1.807) is 81.9 Å². The van der Waals surface area contributed by atoms with Gasteiger partial charge in [0.25, 0.3) is 5.91 Å². The lowest BCUT2D eigenvalue weighted by Crippen LogP contribution is -2.51. The monoisotopic (exact) mass is 496 g/mol. The van der Waals surface area contributed by atoms with Gasteiger partial charge in [-0.1, -0.05) is 48.5 Å². The molecule has 1 heterocycles. The lowest BCUT2D eigenvalue weighted by molar-refractivity contribution is -0.137. The lowest BCUT2D eigenvalue weighted by atomic mass is 10.1. The molecule has 3 aromatic rings. The first-order chi connectivity index (χ1) is 16.8. The molecule has 0 saturated carbocycles. The first-order valence-corrected chi connectivity index (χ1v) is 12.7. The Morgan fingerprint density at radius 3 is 2.37 bits per heavy atom. The zero-order valence-electron chi connectivity index (χ0n) is 19.9. The van der Waals surface area contributed by atoms with Gasteiger partial charge in [0.1, 0.15) is 5.75 Å². The first kappa shape index (κ1) is 24.4. The van der Waals surface area contributed by atoms with Gasteiger partial charge in [-0.05, 0) is 35.4 Å². The number of ether oxygens (including phenoxy) is 3. The number of rotatable bonds is 8. The zero-order chi connectivity index (χ0) is 25.0. The van der Waals surface area contributed by atoms with E-state index in [0.29, 0.717) is 28.5 Å². The minimum atomic E-state index is -3.77. The maximum absolute atomic E-state index is 13.4. The van der Waals surface area contributed by atoms with E-state index in [1.165, 1.54) is 9.21 Å². The number of methoxy groups -OCH3 is 2. The molecule has 0 unspecified atom stereocenters. The van der Waals surface area contributed by atoms with Crippen molar-refractivity contribution >= 4 is 21.6 Å². The Hall–Kier alpha value is -3.72. The van der Waals surface area contributed by atoms with Crippen LogP contribution in [0.4, 0.5) is 5.69 Å². The molecule has 8 nitrogen and oxygen atoms in total. The van der Waals surface area contributed by atoms with Gasteiger partial charge in [0, 0.05) is 13.6 Å². The number of likely N-dealkylation sites (N-methyl/N-ethyl adjacent to an activating group) is 1. The largest absolute Gasteiger partial charge is 0.493 e. The van der Waals surface area contributed by atoms with Gasteiger partial charge in [-0.3, -0.25) is 9.10 Å². The van der Waals surface area contributed by atoms with Gasteiger partial charge in [-0.25, -0.2) is 8.42 Å². The summed E-state index contributed by atoms with van der Waals surface area (Å²) in [7, 11) is 1.00. The fraction of sp³-hybridized carbons (Fsp3) is 0.269. The van der Waals surface area contributed by atoms with Crippen LogP contribution in [0.5, 0.6) is 17.2 Å². The highest BCUT2D eigenvalue weighted by molar-refractivity contribution is 7.92. The summed E-state index contributed by atoms with van der Waals surface area (Å²) >= 11 is 0.